The Labute approximate surface area is 168 Å². The largest absolute Gasteiger partial charge is 0.488 e. The molecule has 29 heavy (non-hydrogen) atoms. The molecule has 2 atom stereocenters. The molecule has 0 radical (unpaired) electrons. The Kier molecular flexibility index (Phi) is 5.19. The Morgan fingerprint density at radius 3 is 2.76 bits per heavy atom. The van der Waals surface area contributed by atoms with Crippen molar-refractivity contribution in [2.45, 2.75) is 45.4 Å². The SMILES string of the molecule is CC(C)[C@@H]1Cc2cc(O[C@H]3CCOC3)c(CO)cc2-c2cc(=O)c(C(=O)O)cn21. The molecule has 2 N–H and O–H groups in total. The minimum atomic E-state index is -1.22. The van der Waals surface area contributed by atoms with Gasteiger partial charge in [-0.3, -0.25) is 4.79 Å². The second-order valence-electron chi connectivity index (χ2n) is 8.04. The lowest BCUT2D eigenvalue weighted by Crippen LogP contribution is -2.28. The summed E-state index contributed by atoms with van der Waals surface area (Å²) < 4.78 is 13.4. The standard InChI is InChI=1S/C22H25NO6/c1-12(2)18-6-13-7-21(29-15-3-4-28-11-15)14(10-24)5-16(13)19-8-20(25)17(22(26)27)9-23(18)19/h5,7-9,12,15,18,24H,3-4,6,10-11H2,1-2H3,(H,26,27)/t15-,18-/m0/s1. The molecule has 4 rings (SSSR count). The Morgan fingerprint density at radius 1 is 1.34 bits per heavy atom. The molecule has 2 aliphatic heterocycles. The Bertz CT molecular complexity index is 1000. The maximum Gasteiger partial charge on any atom is 0.341 e. The van der Waals surface area contributed by atoms with Crippen molar-refractivity contribution in [3.8, 4) is 17.0 Å². The number of aromatic nitrogens is 1. The number of nitrogens with zero attached hydrogens (tertiary/aromatic N) is 1. The number of aromatic carboxylic acids is 1. The number of carboxylic acid groups (broad SMARTS) is 1. The zero-order valence-electron chi connectivity index (χ0n) is 16.6. The number of hydrogen-bond acceptors (Lipinski definition) is 5. The van der Waals surface area contributed by atoms with Gasteiger partial charge in [-0.2, -0.15) is 0 Å². The normalized spacial score (nSPS) is 20.4. The highest BCUT2D eigenvalue weighted by atomic mass is 16.5. The summed E-state index contributed by atoms with van der Waals surface area (Å²) in [4.78, 5) is 23.9. The van der Waals surface area contributed by atoms with Crippen molar-refractivity contribution in [3.63, 3.8) is 0 Å². The fourth-order valence-corrected chi connectivity index (χ4v) is 4.17. The fraction of sp³-hybridized carbons (Fsp3) is 0.455. The number of pyridine rings is 1. The molecular formula is C22H25NO6. The first-order chi connectivity index (χ1) is 13.9. The first-order valence-corrected chi connectivity index (χ1v) is 9.90. The van der Waals surface area contributed by atoms with Crippen LogP contribution in [0.15, 0.2) is 29.2 Å². The van der Waals surface area contributed by atoms with Crippen LogP contribution in [0, 0.1) is 5.92 Å². The summed E-state index contributed by atoms with van der Waals surface area (Å²) in [5, 5.41) is 19.3. The molecule has 2 aliphatic rings. The quantitative estimate of drug-likeness (QED) is 0.802. The Morgan fingerprint density at radius 2 is 2.14 bits per heavy atom. The van der Waals surface area contributed by atoms with Crippen molar-refractivity contribution in [3.05, 3.63) is 51.3 Å². The van der Waals surface area contributed by atoms with E-state index in [1.807, 2.05) is 16.7 Å². The van der Waals surface area contributed by atoms with E-state index in [-0.39, 0.29) is 30.2 Å². The number of fused-ring (bicyclic) bond motifs is 3. The van der Waals surface area contributed by atoms with E-state index in [2.05, 4.69) is 13.8 Å². The molecule has 0 bridgehead atoms. The first-order valence-electron chi connectivity index (χ1n) is 9.90. The van der Waals surface area contributed by atoms with Crippen molar-refractivity contribution >= 4 is 5.97 Å². The summed E-state index contributed by atoms with van der Waals surface area (Å²) in [6.07, 6.45) is 2.92. The van der Waals surface area contributed by atoms with Crippen LogP contribution in [0.5, 0.6) is 5.75 Å². The number of benzene rings is 1. The second-order valence-corrected chi connectivity index (χ2v) is 8.04. The van der Waals surface area contributed by atoms with E-state index in [0.717, 1.165) is 17.5 Å². The number of aliphatic hydroxyl groups excluding tert-OH is 1. The number of ether oxygens (including phenoxy) is 2. The van der Waals surface area contributed by atoms with Gasteiger partial charge in [0, 0.05) is 35.9 Å². The molecular weight excluding hydrogens is 374 g/mol. The molecule has 7 heteroatoms. The summed E-state index contributed by atoms with van der Waals surface area (Å²) >= 11 is 0. The topological polar surface area (TPSA) is 98.0 Å². The fourth-order valence-electron chi connectivity index (χ4n) is 4.17. The highest BCUT2D eigenvalue weighted by Crippen LogP contribution is 2.40. The van der Waals surface area contributed by atoms with E-state index in [9.17, 15) is 19.8 Å². The maximum atomic E-state index is 12.4. The average Bonchev–Trinajstić information content (AvgIpc) is 3.19. The minimum absolute atomic E-state index is 0.0128. The zero-order valence-corrected chi connectivity index (χ0v) is 16.6. The van der Waals surface area contributed by atoms with Gasteiger partial charge < -0.3 is 24.3 Å². The first kappa shape index (κ1) is 19.7. The highest BCUT2D eigenvalue weighted by Gasteiger charge is 2.29. The lowest BCUT2D eigenvalue weighted by molar-refractivity contribution is 0.0694. The van der Waals surface area contributed by atoms with Crippen LogP contribution in [0.4, 0.5) is 0 Å². The second kappa shape index (κ2) is 7.65. The van der Waals surface area contributed by atoms with Crippen LogP contribution in [0.25, 0.3) is 11.3 Å². The molecule has 1 fully saturated rings. The number of carbonyl (C=O) groups is 1. The van der Waals surface area contributed by atoms with Crippen LogP contribution in [-0.4, -0.2) is 40.1 Å². The average molecular weight is 399 g/mol. The van der Waals surface area contributed by atoms with Gasteiger partial charge in [-0.25, -0.2) is 4.79 Å². The molecule has 154 valence electrons. The summed E-state index contributed by atoms with van der Waals surface area (Å²) in [5.41, 5.74) is 2.41. The molecule has 0 amide bonds. The highest BCUT2D eigenvalue weighted by molar-refractivity contribution is 5.87. The van der Waals surface area contributed by atoms with Gasteiger partial charge in [-0.1, -0.05) is 13.8 Å². The van der Waals surface area contributed by atoms with Gasteiger partial charge in [-0.15, -0.1) is 0 Å². The van der Waals surface area contributed by atoms with E-state index in [1.165, 1.54) is 12.3 Å². The molecule has 0 saturated carbocycles. The molecule has 2 aromatic rings. The summed E-state index contributed by atoms with van der Waals surface area (Å²) in [7, 11) is 0. The van der Waals surface area contributed by atoms with Crippen LogP contribution in [0.3, 0.4) is 0 Å². The lowest BCUT2D eigenvalue weighted by atomic mass is 9.86. The summed E-state index contributed by atoms with van der Waals surface area (Å²) in [5.74, 6) is -0.351. The summed E-state index contributed by atoms with van der Waals surface area (Å²) in [6, 6.07) is 5.21. The lowest BCUT2D eigenvalue weighted by Gasteiger charge is -2.34. The van der Waals surface area contributed by atoms with Gasteiger partial charge in [0.1, 0.15) is 17.4 Å². The molecule has 1 saturated heterocycles. The zero-order chi connectivity index (χ0) is 20.7. The number of aliphatic hydroxyl groups is 1. The van der Waals surface area contributed by atoms with Gasteiger partial charge in [0.15, 0.2) is 5.43 Å². The molecule has 0 unspecified atom stereocenters. The smallest absolute Gasteiger partial charge is 0.341 e. The van der Waals surface area contributed by atoms with Crippen LogP contribution in [0.2, 0.25) is 0 Å². The third-order valence-electron chi connectivity index (χ3n) is 5.78. The van der Waals surface area contributed by atoms with E-state index < -0.39 is 11.4 Å². The van der Waals surface area contributed by atoms with E-state index in [4.69, 9.17) is 9.47 Å². The minimum Gasteiger partial charge on any atom is -0.488 e. The summed E-state index contributed by atoms with van der Waals surface area (Å²) in [6.45, 7) is 5.16. The van der Waals surface area contributed by atoms with Gasteiger partial charge in [0.05, 0.1) is 25.5 Å². The van der Waals surface area contributed by atoms with Crippen LogP contribution >= 0.6 is 0 Å². The van der Waals surface area contributed by atoms with Gasteiger partial charge in [0.25, 0.3) is 0 Å². The number of rotatable bonds is 5. The molecule has 1 aromatic carbocycles. The van der Waals surface area contributed by atoms with Crippen LogP contribution < -0.4 is 10.2 Å². The molecule has 0 aliphatic carbocycles. The van der Waals surface area contributed by atoms with Crippen LogP contribution in [0.1, 0.15) is 47.8 Å². The van der Waals surface area contributed by atoms with Crippen molar-refractivity contribution in [1.29, 1.82) is 0 Å². The number of hydrogen-bond donors (Lipinski definition) is 2. The predicted octanol–water partition coefficient (Wildman–Crippen LogP) is 2.63. The molecule has 0 spiro atoms. The third-order valence-corrected chi connectivity index (χ3v) is 5.78. The maximum absolute atomic E-state index is 12.4. The van der Waals surface area contributed by atoms with Crippen molar-refractivity contribution < 1.29 is 24.5 Å². The number of carboxylic acids is 1. The van der Waals surface area contributed by atoms with Gasteiger partial charge in [-0.05, 0) is 30.0 Å². The Hall–Kier alpha value is -2.64. The van der Waals surface area contributed by atoms with E-state index in [1.54, 1.807) is 0 Å². The van der Waals surface area contributed by atoms with Gasteiger partial charge in [0.2, 0.25) is 0 Å². The molecule has 3 heterocycles. The monoisotopic (exact) mass is 399 g/mol. The molecule has 7 nitrogen and oxygen atoms in total. The van der Waals surface area contributed by atoms with Crippen molar-refractivity contribution in [2.24, 2.45) is 5.92 Å². The van der Waals surface area contributed by atoms with Crippen LogP contribution in [-0.2, 0) is 17.8 Å². The third kappa shape index (κ3) is 3.56. The molecule has 1 aromatic heterocycles. The van der Waals surface area contributed by atoms with E-state index in [0.29, 0.717) is 36.6 Å². The predicted molar refractivity (Wildman–Crippen MR) is 106 cm³/mol. The van der Waals surface area contributed by atoms with E-state index >= 15 is 0 Å². The Balaban J connectivity index is 1.86. The van der Waals surface area contributed by atoms with Gasteiger partial charge >= 0.3 is 5.97 Å². The van der Waals surface area contributed by atoms with Crippen molar-refractivity contribution in [1.82, 2.24) is 4.57 Å². The van der Waals surface area contributed by atoms with Crippen molar-refractivity contribution in [2.75, 3.05) is 13.2 Å².